The quantitative estimate of drug-likeness (QED) is 0.513. The zero-order valence-corrected chi connectivity index (χ0v) is 12.3. The first kappa shape index (κ1) is 18.0. The molecule has 1 amide bonds. The van der Waals surface area contributed by atoms with Gasteiger partial charge in [0.2, 0.25) is 0 Å². The fourth-order valence-corrected chi connectivity index (χ4v) is 2.07. The number of para-hydroxylation sites is 1. The number of hydrogen-bond donors (Lipinski definition) is 5. The Bertz CT molecular complexity index is 657. The van der Waals surface area contributed by atoms with Crippen molar-refractivity contribution in [3.05, 3.63) is 36.0 Å². The molecule has 0 aliphatic carbocycles. The second-order valence-corrected chi connectivity index (χ2v) is 4.66. The summed E-state index contributed by atoms with van der Waals surface area (Å²) in [7, 11) is 0. The van der Waals surface area contributed by atoms with E-state index in [1.54, 1.807) is 6.20 Å². The zero-order valence-electron chi connectivity index (χ0n) is 11.5. The van der Waals surface area contributed by atoms with Crippen molar-refractivity contribution in [2.24, 2.45) is 0 Å². The maximum atomic E-state index is 11.5. The smallest absolute Gasteiger partial charge is 0.326 e. The molecule has 0 radical (unpaired) electrons. The third-order valence-electron chi connectivity index (χ3n) is 3.19. The van der Waals surface area contributed by atoms with Crippen LogP contribution in [0.2, 0.25) is 0 Å². The summed E-state index contributed by atoms with van der Waals surface area (Å²) in [5.41, 5.74) is 1.62. The monoisotopic (exact) mass is 328 g/mol. The van der Waals surface area contributed by atoms with Gasteiger partial charge in [-0.2, -0.15) is 0 Å². The largest absolute Gasteiger partial charge is 0.480 e. The van der Waals surface area contributed by atoms with Crippen LogP contribution in [-0.2, 0) is 16.0 Å². The third-order valence-corrected chi connectivity index (χ3v) is 3.19. The Kier molecular flexibility index (Phi) is 6.36. The van der Waals surface area contributed by atoms with E-state index in [0.29, 0.717) is 0 Å². The number of carboxylic acids is 1. The van der Waals surface area contributed by atoms with Gasteiger partial charge in [-0.25, -0.2) is 4.79 Å². The van der Waals surface area contributed by atoms with Gasteiger partial charge in [-0.1, -0.05) is 18.2 Å². The van der Waals surface area contributed by atoms with Crippen LogP contribution in [0, 0.1) is 0 Å². The molecule has 2 atom stereocenters. The molecule has 7 nitrogen and oxygen atoms in total. The number of aromatic nitrogens is 1. The first-order valence-electron chi connectivity index (χ1n) is 6.40. The van der Waals surface area contributed by atoms with Crippen LogP contribution in [0.15, 0.2) is 30.5 Å². The average Bonchev–Trinajstić information content (AvgIpc) is 2.88. The van der Waals surface area contributed by atoms with Crippen molar-refractivity contribution in [3.8, 4) is 0 Å². The molecule has 1 aromatic carbocycles. The lowest BCUT2D eigenvalue weighted by Crippen LogP contribution is -2.47. The Morgan fingerprint density at radius 2 is 1.95 bits per heavy atom. The number of amides is 1. The van der Waals surface area contributed by atoms with E-state index < -0.39 is 30.6 Å². The Hall–Kier alpha value is -2.09. The molecule has 0 saturated heterocycles. The molecule has 0 fully saturated rings. The summed E-state index contributed by atoms with van der Waals surface area (Å²) in [6, 6.07) is 6.23. The minimum atomic E-state index is -1.63. The van der Waals surface area contributed by atoms with Crippen molar-refractivity contribution < 1.29 is 24.9 Å². The van der Waals surface area contributed by atoms with Crippen LogP contribution < -0.4 is 5.32 Å². The number of fused-ring (bicyclic) bond motifs is 1. The Morgan fingerprint density at radius 3 is 2.59 bits per heavy atom. The lowest BCUT2D eigenvalue weighted by Gasteiger charge is -2.16. The maximum Gasteiger partial charge on any atom is 0.326 e. The van der Waals surface area contributed by atoms with Gasteiger partial charge in [0.25, 0.3) is 5.91 Å². The fourth-order valence-electron chi connectivity index (χ4n) is 2.07. The van der Waals surface area contributed by atoms with Gasteiger partial charge in [0.15, 0.2) is 6.10 Å². The number of H-pyrrole nitrogens is 1. The molecule has 2 rings (SSSR count). The van der Waals surface area contributed by atoms with Gasteiger partial charge < -0.3 is 25.6 Å². The highest BCUT2D eigenvalue weighted by atomic mass is 35.5. The molecule has 8 heteroatoms. The number of aliphatic hydroxyl groups is 2. The van der Waals surface area contributed by atoms with E-state index in [9.17, 15) is 19.8 Å². The molecule has 120 valence electrons. The van der Waals surface area contributed by atoms with Gasteiger partial charge >= 0.3 is 5.97 Å². The number of rotatable bonds is 6. The highest BCUT2D eigenvalue weighted by Crippen LogP contribution is 2.19. The standard InChI is InChI=1S/C14H16N2O5.ClH/c17-7-12(18)13(19)16-11(14(20)21)5-8-6-15-10-4-2-1-3-9(8)10;/h1-4,6,11-12,15,17-18H,5,7H2,(H,16,19)(H,20,21);1H. The lowest BCUT2D eigenvalue weighted by molar-refractivity contribution is -0.143. The number of carbonyl (C=O) groups is 2. The highest BCUT2D eigenvalue weighted by Gasteiger charge is 2.24. The first-order chi connectivity index (χ1) is 10.0. The van der Waals surface area contributed by atoms with E-state index in [0.717, 1.165) is 16.5 Å². The van der Waals surface area contributed by atoms with Crippen molar-refractivity contribution in [2.75, 3.05) is 6.61 Å². The second-order valence-electron chi connectivity index (χ2n) is 4.66. The van der Waals surface area contributed by atoms with E-state index in [2.05, 4.69) is 10.3 Å². The normalized spacial score (nSPS) is 13.2. The molecule has 1 aromatic heterocycles. The summed E-state index contributed by atoms with van der Waals surface area (Å²) in [6.45, 7) is -0.759. The molecule has 0 saturated carbocycles. The number of aliphatic hydroxyl groups excluding tert-OH is 2. The molecule has 2 aromatic rings. The van der Waals surface area contributed by atoms with Crippen molar-refractivity contribution >= 4 is 35.2 Å². The maximum absolute atomic E-state index is 11.5. The van der Waals surface area contributed by atoms with Crippen LogP contribution in [0.4, 0.5) is 0 Å². The van der Waals surface area contributed by atoms with Gasteiger partial charge in [-0.15, -0.1) is 12.4 Å². The number of benzene rings is 1. The Labute approximate surface area is 132 Å². The van der Waals surface area contributed by atoms with Crippen LogP contribution in [-0.4, -0.2) is 50.9 Å². The summed E-state index contributed by atoms with van der Waals surface area (Å²) in [6.07, 6.45) is 0.133. The predicted octanol–water partition coefficient (Wildman–Crippen LogP) is 0.0548. The molecule has 0 aliphatic rings. The molecule has 0 aliphatic heterocycles. The second kappa shape index (κ2) is 7.79. The van der Waals surface area contributed by atoms with E-state index in [4.69, 9.17) is 5.11 Å². The van der Waals surface area contributed by atoms with Crippen molar-refractivity contribution in [3.63, 3.8) is 0 Å². The van der Waals surface area contributed by atoms with E-state index >= 15 is 0 Å². The van der Waals surface area contributed by atoms with E-state index in [-0.39, 0.29) is 18.8 Å². The molecule has 0 spiro atoms. The Morgan fingerprint density at radius 1 is 1.27 bits per heavy atom. The summed E-state index contributed by atoms with van der Waals surface area (Å²) in [5, 5.41) is 30.1. The lowest BCUT2D eigenvalue weighted by atomic mass is 10.0. The molecule has 2 unspecified atom stereocenters. The molecule has 1 heterocycles. The predicted molar refractivity (Wildman–Crippen MR) is 81.9 cm³/mol. The minimum absolute atomic E-state index is 0. The van der Waals surface area contributed by atoms with Gasteiger partial charge in [0, 0.05) is 23.5 Å². The minimum Gasteiger partial charge on any atom is -0.480 e. The van der Waals surface area contributed by atoms with Crippen LogP contribution in [0.3, 0.4) is 0 Å². The summed E-state index contributed by atoms with van der Waals surface area (Å²) in [5.74, 6) is -2.12. The van der Waals surface area contributed by atoms with Crippen LogP contribution in [0.25, 0.3) is 10.9 Å². The van der Waals surface area contributed by atoms with Gasteiger partial charge in [0.1, 0.15) is 6.04 Å². The average molecular weight is 329 g/mol. The molecular weight excluding hydrogens is 312 g/mol. The van der Waals surface area contributed by atoms with Crippen LogP contribution in [0.1, 0.15) is 5.56 Å². The van der Waals surface area contributed by atoms with Gasteiger partial charge in [0.05, 0.1) is 6.61 Å². The molecule has 22 heavy (non-hydrogen) atoms. The van der Waals surface area contributed by atoms with E-state index in [1.165, 1.54) is 0 Å². The number of halogens is 1. The van der Waals surface area contributed by atoms with Crippen LogP contribution >= 0.6 is 12.4 Å². The SMILES string of the molecule is Cl.O=C(NC(Cc1c[nH]c2ccccc12)C(=O)O)C(O)CO. The summed E-state index contributed by atoms with van der Waals surface area (Å²) in [4.78, 5) is 25.8. The van der Waals surface area contributed by atoms with Crippen molar-refractivity contribution in [2.45, 2.75) is 18.6 Å². The summed E-state index contributed by atoms with van der Waals surface area (Å²) < 4.78 is 0. The first-order valence-corrected chi connectivity index (χ1v) is 6.40. The Balaban J connectivity index is 0.00000242. The number of hydrogen-bond acceptors (Lipinski definition) is 4. The van der Waals surface area contributed by atoms with Gasteiger partial charge in [-0.05, 0) is 11.6 Å². The molecular formula is C14H17ClN2O5. The topological polar surface area (TPSA) is 123 Å². The fraction of sp³-hybridized carbons (Fsp3) is 0.286. The zero-order chi connectivity index (χ0) is 15.4. The highest BCUT2D eigenvalue weighted by molar-refractivity contribution is 5.88. The van der Waals surface area contributed by atoms with Crippen molar-refractivity contribution in [1.82, 2.24) is 10.3 Å². The number of carbonyl (C=O) groups excluding carboxylic acids is 1. The molecule has 0 bridgehead atoms. The third kappa shape index (κ3) is 3.97. The van der Waals surface area contributed by atoms with Gasteiger partial charge in [-0.3, -0.25) is 4.79 Å². The number of aromatic amines is 1. The number of aliphatic carboxylic acids is 1. The molecule has 5 N–H and O–H groups in total. The van der Waals surface area contributed by atoms with E-state index in [1.807, 2.05) is 24.3 Å². The number of nitrogens with one attached hydrogen (secondary N) is 2. The number of carboxylic acid groups (broad SMARTS) is 1. The van der Waals surface area contributed by atoms with Crippen LogP contribution in [0.5, 0.6) is 0 Å². The summed E-state index contributed by atoms with van der Waals surface area (Å²) >= 11 is 0. The van der Waals surface area contributed by atoms with Crippen molar-refractivity contribution in [1.29, 1.82) is 0 Å².